The first-order valence-electron chi connectivity index (χ1n) is 6.48. The first-order chi connectivity index (χ1) is 9.61. The van der Waals surface area contributed by atoms with Crippen molar-refractivity contribution in [1.82, 2.24) is 4.98 Å². The van der Waals surface area contributed by atoms with Crippen LogP contribution >= 0.6 is 11.3 Å². The number of ether oxygens (including phenoxy) is 1. The topological polar surface area (TPSA) is 59.2 Å². The Bertz CT molecular complexity index is 670. The number of Topliss-reactive ketones (excluding diaryl/α,β-unsaturated/α-hetero) is 1. The quantitative estimate of drug-likeness (QED) is 0.864. The molecular formula is C15H15NO3S. The van der Waals surface area contributed by atoms with Crippen molar-refractivity contribution >= 4 is 23.1 Å². The summed E-state index contributed by atoms with van der Waals surface area (Å²) in [6.07, 6.45) is 1.22. The van der Waals surface area contributed by atoms with Crippen molar-refractivity contribution in [2.45, 2.75) is 25.7 Å². The van der Waals surface area contributed by atoms with Crippen molar-refractivity contribution in [3.63, 3.8) is 0 Å². The van der Waals surface area contributed by atoms with E-state index in [-0.39, 0.29) is 11.7 Å². The van der Waals surface area contributed by atoms with E-state index in [2.05, 4.69) is 11.1 Å². The molecule has 4 nitrogen and oxygen atoms in total. The van der Waals surface area contributed by atoms with Crippen molar-refractivity contribution in [3.8, 4) is 0 Å². The highest BCUT2D eigenvalue weighted by Crippen LogP contribution is 2.36. The fraction of sp³-hybridized carbons (Fsp3) is 0.333. The Hall–Kier alpha value is -1.88. The highest BCUT2D eigenvalue weighted by Gasteiger charge is 2.33. The average Bonchev–Trinajstić information content (AvgIpc) is 3.04. The molecule has 3 rings (SSSR count). The molecule has 5 heteroatoms. The number of H-pyrrole nitrogens is 1. The van der Waals surface area contributed by atoms with Crippen LogP contribution in [0.25, 0.3) is 0 Å². The molecule has 0 radical (unpaired) electrons. The molecule has 2 aromatic heterocycles. The molecule has 0 bridgehead atoms. The van der Waals surface area contributed by atoms with Crippen LogP contribution in [0, 0.1) is 6.92 Å². The maximum atomic E-state index is 12.4. The van der Waals surface area contributed by atoms with Crippen molar-refractivity contribution in [2.24, 2.45) is 0 Å². The standard InChI is InChI=1S/C15H15NO3S/c1-8-13(15(18)19-2)14-10(16-8)6-9(7-11(14)17)12-4-3-5-20-12/h3-5,9,16H,6-7H2,1-2H3/t9-/m1/s1. The van der Waals surface area contributed by atoms with Crippen molar-refractivity contribution < 1.29 is 14.3 Å². The van der Waals surface area contributed by atoms with E-state index < -0.39 is 5.97 Å². The van der Waals surface area contributed by atoms with Gasteiger partial charge >= 0.3 is 5.97 Å². The molecule has 0 aliphatic heterocycles. The fourth-order valence-corrected chi connectivity index (χ4v) is 3.71. The molecule has 2 aromatic rings. The minimum atomic E-state index is -0.442. The van der Waals surface area contributed by atoms with E-state index in [0.29, 0.717) is 23.2 Å². The summed E-state index contributed by atoms with van der Waals surface area (Å²) in [5.74, 6) is -0.212. The predicted molar refractivity (Wildman–Crippen MR) is 76.6 cm³/mol. The number of aromatic nitrogens is 1. The molecule has 0 unspecified atom stereocenters. The molecule has 0 saturated carbocycles. The lowest BCUT2D eigenvalue weighted by Gasteiger charge is -2.20. The summed E-state index contributed by atoms with van der Waals surface area (Å²) in [7, 11) is 1.34. The smallest absolute Gasteiger partial charge is 0.340 e. The van der Waals surface area contributed by atoms with Gasteiger partial charge in [-0.15, -0.1) is 11.3 Å². The summed E-state index contributed by atoms with van der Waals surface area (Å²) < 4.78 is 4.78. The third-order valence-electron chi connectivity index (χ3n) is 3.76. The Kier molecular flexibility index (Phi) is 3.22. The second-order valence-corrected chi connectivity index (χ2v) is 5.99. The normalized spacial score (nSPS) is 17.9. The molecule has 0 fully saturated rings. The first kappa shape index (κ1) is 13.1. The zero-order valence-electron chi connectivity index (χ0n) is 11.4. The van der Waals surface area contributed by atoms with E-state index in [1.165, 1.54) is 12.0 Å². The lowest BCUT2D eigenvalue weighted by Crippen LogP contribution is -2.20. The van der Waals surface area contributed by atoms with E-state index in [1.54, 1.807) is 18.3 Å². The molecule has 2 heterocycles. The molecular weight excluding hydrogens is 274 g/mol. The molecule has 1 aliphatic rings. The Balaban J connectivity index is 2.03. The van der Waals surface area contributed by atoms with Gasteiger partial charge in [0.25, 0.3) is 0 Å². The molecule has 0 amide bonds. The van der Waals surface area contributed by atoms with Gasteiger partial charge < -0.3 is 9.72 Å². The lowest BCUT2D eigenvalue weighted by molar-refractivity contribution is 0.0596. The largest absolute Gasteiger partial charge is 0.465 e. The van der Waals surface area contributed by atoms with E-state index in [4.69, 9.17) is 4.74 Å². The SMILES string of the molecule is COC(=O)c1c(C)[nH]c2c1C(=O)C[C@H](c1cccs1)C2. The molecule has 20 heavy (non-hydrogen) atoms. The second-order valence-electron chi connectivity index (χ2n) is 5.01. The maximum absolute atomic E-state index is 12.4. The number of thiophene rings is 1. The first-order valence-corrected chi connectivity index (χ1v) is 7.36. The van der Waals surface area contributed by atoms with Gasteiger partial charge in [0.2, 0.25) is 0 Å². The van der Waals surface area contributed by atoms with Gasteiger partial charge in [-0.1, -0.05) is 6.07 Å². The number of hydrogen-bond acceptors (Lipinski definition) is 4. The second kappa shape index (κ2) is 4.90. The molecule has 1 N–H and O–H groups in total. The summed E-state index contributed by atoms with van der Waals surface area (Å²) in [6, 6.07) is 4.06. The summed E-state index contributed by atoms with van der Waals surface area (Å²) in [5.41, 5.74) is 2.50. The lowest BCUT2D eigenvalue weighted by atomic mass is 9.84. The number of aryl methyl sites for hydroxylation is 1. The molecule has 0 aromatic carbocycles. The molecule has 0 saturated heterocycles. The van der Waals surface area contributed by atoms with Gasteiger partial charge in [-0.25, -0.2) is 4.79 Å². The number of ketones is 1. The Morgan fingerprint density at radius 3 is 2.90 bits per heavy atom. The predicted octanol–water partition coefficient (Wildman–Crippen LogP) is 3.08. The number of carbonyl (C=O) groups excluding carboxylic acids is 2. The minimum Gasteiger partial charge on any atom is -0.465 e. The highest BCUT2D eigenvalue weighted by atomic mass is 32.1. The van der Waals surface area contributed by atoms with Crippen LogP contribution in [0.15, 0.2) is 17.5 Å². The van der Waals surface area contributed by atoms with Crippen LogP contribution in [0.1, 0.15) is 49.3 Å². The average molecular weight is 289 g/mol. The molecule has 104 valence electrons. The van der Waals surface area contributed by atoms with E-state index in [9.17, 15) is 9.59 Å². The van der Waals surface area contributed by atoms with Gasteiger partial charge in [0.15, 0.2) is 5.78 Å². The van der Waals surface area contributed by atoms with Crippen LogP contribution in [0.3, 0.4) is 0 Å². The summed E-state index contributed by atoms with van der Waals surface area (Å²) in [4.78, 5) is 28.7. The van der Waals surface area contributed by atoms with Crippen LogP contribution in [-0.2, 0) is 11.2 Å². The van der Waals surface area contributed by atoms with E-state index >= 15 is 0 Å². The zero-order valence-corrected chi connectivity index (χ0v) is 12.2. The fourth-order valence-electron chi connectivity index (χ4n) is 2.88. The highest BCUT2D eigenvalue weighted by molar-refractivity contribution is 7.10. The third kappa shape index (κ3) is 1.98. The Labute approximate surface area is 120 Å². The van der Waals surface area contributed by atoms with Gasteiger partial charge in [-0.3, -0.25) is 4.79 Å². The summed E-state index contributed by atoms with van der Waals surface area (Å²) >= 11 is 1.67. The molecule has 1 atom stereocenters. The Morgan fingerprint density at radius 1 is 1.45 bits per heavy atom. The van der Waals surface area contributed by atoms with Crippen LogP contribution < -0.4 is 0 Å². The monoisotopic (exact) mass is 289 g/mol. The number of esters is 1. The number of nitrogens with one attached hydrogen (secondary N) is 1. The van der Waals surface area contributed by atoms with Crippen molar-refractivity contribution in [3.05, 3.63) is 44.9 Å². The van der Waals surface area contributed by atoms with Gasteiger partial charge in [-0.2, -0.15) is 0 Å². The Morgan fingerprint density at radius 2 is 2.25 bits per heavy atom. The maximum Gasteiger partial charge on any atom is 0.340 e. The number of fused-ring (bicyclic) bond motifs is 1. The number of carbonyl (C=O) groups is 2. The number of hydrogen-bond donors (Lipinski definition) is 1. The summed E-state index contributed by atoms with van der Waals surface area (Å²) in [5, 5.41) is 2.02. The molecule has 0 spiro atoms. The number of methoxy groups -OCH3 is 1. The van der Waals surface area contributed by atoms with Gasteiger partial charge in [0.1, 0.15) is 0 Å². The van der Waals surface area contributed by atoms with Gasteiger partial charge in [0.05, 0.1) is 18.2 Å². The number of rotatable bonds is 2. The third-order valence-corrected chi connectivity index (χ3v) is 4.80. The molecule has 1 aliphatic carbocycles. The van der Waals surface area contributed by atoms with E-state index in [0.717, 1.165) is 12.1 Å². The van der Waals surface area contributed by atoms with Crippen LogP contribution in [-0.4, -0.2) is 23.8 Å². The van der Waals surface area contributed by atoms with Gasteiger partial charge in [-0.05, 0) is 24.8 Å². The summed E-state index contributed by atoms with van der Waals surface area (Å²) in [6.45, 7) is 1.80. The van der Waals surface area contributed by atoms with Gasteiger partial charge in [0, 0.05) is 28.6 Å². The zero-order chi connectivity index (χ0) is 14.3. The minimum absolute atomic E-state index is 0.0226. The van der Waals surface area contributed by atoms with E-state index in [1.807, 2.05) is 11.4 Å². The van der Waals surface area contributed by atoms with Crippen molar-refractivity contribution in [2.75, 3.05) is 7.11 Å². The van der Waals surface area contributed by atoms with Crippen LogP contribution in [0.2, 0.25) is 0 Å². The van der Waals surface area contributed by atoms with Crippen LogP contribution in [0.5, 0.6) is 0 Å². The van der Waals surface area contributed by atoms with Crippen molar-refractivity contribution in [1.29, 1.82) is 0 Å². The van der Waals surface area contributed by atoms with Crippen LogP contribution in [0.4, 0.5) is 0 Å². The number of aromatic amines is 1.